The third-order valence-electron chi connectivity index (χ3n) is 4.00. The summed E-state index contributed by atoms with van der Waals surface area (Å²) in [6.45, 7) is 2.07. The predicted octanol–water partition coefficient (Wildman–Crippen LogP) is 2.80. The molecule has 3 aromatic heterocycles. The first-order chi connectivity index (χ1) is 9.92. The van der Waals surface area contributed by atoms with Crippen LogP contribution in [0.1, 0.15) is 24.5 Å². The van der Waals surface area contributed by atoms with Crippen molar-refractivity contribution in [3.8, 4) is 0 Å². The number of anilines is 1. The maximum absolute atomic E-state index is 4.49. The minimum Gasteiger partial charge on any atom is -0.356 e. The summed E-state index contributed by atoms with van der Waals surface area (Å²) < 4.78 is 0. The Morgan fingerprint density at radius 1 is 1.20 bits per heavy atom. The highest BCUT2D eigenvalue weighted by molar-refractivity contribution is 7.16. The molecule has 0 atom stereocenters. The molecular weight excluding hydrogens is 270 g/mol. The average Bonchev–Trinajstić information content (AvgIpc) is 3.18. The van der Waals surface area contributed by atoms with E-state index in [4.69, 9.17) is 0 Å². The second-order valence-electron chi connectivity index (χ2n) is 5.11. The molecule has 0 radical (unpaired) electrons. The summed E-state index contributed by atoms with van der Waals surface area (Å²) in [6, 6.07) is 4.21. The van der Waals surface area contributed by atoms with Gasteiger partial charge in [-0.1, -0.05) is 0 Å². The normalized spacial score (nSPS) is 16.9. The zero-order chi connectivity index (χ0) is 13.4. The lowest BCUT2D eigenvalue weighted by molar-refractivity contribution is 0.494. The molecule has 1 aliphatic rings. The number of nitrogens with zero attached hydrogens (tertiary/aromatic N) is 4. The third-order valence-corrected chi connectivity index (χ3v) is 4.82. The monoisotopic (exact) mass is 285 g/mol. The largest absolute Gasteiger partial charge is 0.356 e. The lowest BCUT2D eigenvalue weighted by Crippen LogP contribution is -2.33. The van der Waals surface area contributed by atoms with Gasteiger partial charge in [0.1, 0.15) is 17.0 Å². The van der Waals surface area contributed by atoms with E-state index in [1.807, 2.05) is 6.20 Å². The van der Waals surface area contributed by atoms with Crippen molar-refractivity contribution in [2.75, 3.05) is 18.0 Å². The lowest BCUT2D eigenvalue weighted by atomic mass is 9.93. The van der Waals surface area contributed by atoms with Gasteiger partial charge in [0.15, 0.2) is 0 Å². The van der Waals surface area contributed by atoms with E-state index in [1.165, 1.54) is 11.1 Å². The molecule has 6 heteroatoms. The first-order valence-corrected chi connectivity index (χ1v) is 7.72. The van der Waals surface area contributed by atoms with Crippen LogP contribution >= 0.6 is 11.3 Å². The van der Waals surface area contributed by atoms with Gasteiger partial charge in [-0.05, 0) is 30.4 Å². The highest BCUT2D eigenvalue weighted by Crippen LogP contribution is 2.32. The first kappa shape index (κ1) is 11.8. The molecule has 0 amide bonds. The fraction of sp³-hybridized carbons (Fsp3) is 0.357. The second-order valence-corrected chi connectivity index (χ2v) is 6.00. The van der Waals surface area contributed by atoms with Crippen molar-refractivity contribution < 1.29 is 0 Å². The van der Waals surface area contributed by atoms with E-state index < -0.39 is 0 Å². The summed E-state index contributed by atoms with van der Waals surface area (Å²) in [6.07, 6.45) is 5.78. The van der Waals surface area contributed by atoms with Crippen molar-refractivity contribution >= 4 is 27.4 Å². The smallest absolute Gasteiger partial charge is 0.140 e. The number of nitrogens with one attached hydrogen (secondary N) is 1. The molecule has 1 aliphatic heterocycles. The van der Waals surface area contributed by atoms with Crippen LogP contribution in [0.3, 0.4) is 0 Å². The maximum Gasteiger partial charge on any atom is 0.140 e. The lowest BCUT2D eigenvalue weighted by Gasteiger charge is -2.32. The summed E-state index contributed by atoms with van der Waals surface area (Å²) in [5, 5.41) is 10.4. The molecule has 0 spiro atoms. The number of hydrogen-bond donors (Lipinski definition) is 1. The number of rotatable bonds is 2. The summed E-state index contributed by atoms with van der Waals surface area (Å²) in [7, 11) is 0. The van der Waals surface area contributed by atoms with Gasteiger partial charge in [-0.15, -0.1) is 11.3 Å². The Labute approximate surface area is 120 Å². The fourth-order valence-corrected chi connectivity index (χ4v) is 3.65. The summed E-state index contributed by atoms with van der Waals surface area (Å²) in [5.74, 6) is 1.67. The Bertz CT molecular complexity index is 697. The molecule has 4 rings (SSSR count). The van der Waals surface area contributed by atoms with Crippen molar-refractivity contribution in [1.29, 1.82) is 0 Å². The second kappa shape index (κ2) is 4.86. The highest BCUT2D eigenvalue weighted by Gasteiger charge is 2.23. The zero-order valence-corrected chi connectivity index (χ0v) is 11.8. The van der Waals surface area contributed by atoms with Crippen LogP contribution in [0.15, 0.2) is 30.0 Å². The van der Waals surface area contributed by atoms with Crippen LogP contribution in [0.2, 0.25) is 0 Å². The van der Waals surface area contributed by atoms with Gasteiger partial charge < -0.3 is 4.90 Å². The standard InChI is InChI=1S/C14H15N5S/c1-5-17-18-12(1)10-2-6-19(7-3-10)13-11-4-8-20-14(11)16-9-15-13/h1,4-5,8-10H,2-3,6-7H2,(H,17,18). The van der Waals surface area contributed by atoms with Crippen LogP contribution < -0.4 is 4.90 Å². The summed E-state index contributed by atoms with van der Waals surface area (Å²) in [5.41, 5.74) is 1.26. The quantitative estimate of drug-likeness (QED) is 0.786. The minimum atomic E-state index is 0.591. The van der Waals surface area contributed by atoms with Gasteiger partial charge in [-0.2, -0.15) is 5.10 Å². The van der Waals surface area contributed by atoms with Crippen LogP contribution in [0, 0.1) is 0 Å². The molecule has 0 unspecified atom stereocenters. The van der Waals surface area contributed by atoms with Crippen molar-refractivity contribution in [1.82, 2.24) is 20.2 Å². The topological polar surface area (TPSA) is 57.7 Å². The molecule has 1 N–H and O–H groups in total. The minimum absolute atomic E-state index is 0.591. The van der Waals surface area contributed by atoms with E-state index in [0.717, 1.165) is 36.6 Å². The van der Waals surface area contributed by atoms with E-state index in [1.54, 1.807) is 17.7 Å². The van der Waals surface area contributed by atoms with Gasteiger partial charge in [0.05, 0.1) is 5.39 Å². The number of H-pyrrole nitrogens is 1. The highest BCUT2D eigenvalue weighted by atomic mass is 32.1. The Kier molecular flexibility index (Phi) is 2.88. The molecule has 4 heterocycles. The molecule has 20 heavy (non-hydrogen) atoms. The molecule has 1 fully saturated rings. The van der Waals surface area contributed by atoms with Gasteiger partial charge in [-0.25, -0.2) is 9.97 Å². The Balaban J connectivity index is 1.56. The molecule has 0 bridgehead atoms. The number of aromatic nitrogens is 4. The number of hydrogen-bond acceptors (Lipinski definition) is 5. The number of aromatic amines is 1. The molecule has 102 valence electrons. The zero-order valence-electron chi connectivity index (χ0n) is 11.0. The van der Waals surface area contributed by atoms with Gasteiger partial charge in [-0.3, -0.25) is 5.10 Å². The van der Waals surface area contributed by atoms with Crippen LogP contribution in [0.5, 0.6) is 0 Å². The van der Waals surface area contributed by atoms with E-state index in [2.05, 4.69) is 42.6 Å². The third kappa shape index (κ3) is 1.96. The Morgan fingerprint density at radius 3 is 2.90 bits per heavy atom. The molecule has 1 saturated heterocycles. The molecule has 0 aromatic carbocycles. The molecule has 0 saturated carbocycles. The number of piperidine rings is 1. The van der Waals surface area contributed by atoms with E-state index in [-0.39, 0.29) is 0 Å². The van der Waals surface area contributed by atoms with Crippen LogP contribution in [0.25, 0.3) is 10.2 Å². The SMILES string of the molecule is c1cc(C2CCN(c3ncnc4sccc34)CC2)[nH]n1. The van der Waals surface area contributed by atoms with E-state index in [0.29, 0.717) is 5.92 Å². The van der Waals surface area contributed by atoms with Crippen molar-refractivity contribution in [3.63, 3.8) is 0 Å². The van der Waals surface area contributed by atoms with Gasteiger partial charge >= 0.3 is 0 Å². The summed E-state index contributed by atoms with van der Waals surface area (Å²) in [4.78, 5) is 12.3. The maximum atomic E-state index is 4.49. The average molecular weight is 285 g/mol. The van der Waals surface area contributed by atoms with Gasteiger partial charge in [0.2, 0.25) is 0 Å². The molecular formula is C14H15N5S. The Morgan fingerprint density at radius 2 is 2.10 bits per heavy atom. The fourth-order valence-electron chi connectivity index (χ4n) is 2.93. The van der Waals surface area contributed by atoms with Gasteiger partial charge in [0.25, 0.3) is 0 Å². The van der Waals surface area contributed by atoms with E-state index in [9.17, 15) is 0 Å². The Hall–Kier alpha value is -1.95. The van der Waals surface area contributed by atoms with Crippen LogP contribution in [0.4, 0.5) is 5.82 Å². The van der Waals surface area contributed by atoms with Crippen LogP contribution in [-0.2, 0) is 0 Å². The van der Waals surface area contributed by atoms with E-state index >= 15 is 0 Å². The van der Waals surface area contributed by atoms with Crippen molar-refractivity contribution in [2.24, 2.45) is 0 Å². The van der Waals surface area contributed by atoms with Crippen LogP contribution in [-0.4, -0.2) is 33.3 Å². The molecule has 0 aliphatic carbocycles. The van der Waals surface area contributed by atoms with Gasteiger partial charge in [0, 0.05) is 30.9 Å². The predicted molar refractivity (Wildman–Crippen MR) is 80.2 cm³/mol. The molecule has 5 nitrogen and oxygen atoms in total. The molecule has 3 aromatic rings. The van der Waals surface area contributed by atoms with Crippen molar-refractivity contribution in [2.45, 2.75) is 18.8 Å². The number of fused-ring (bicyclic) bond motifs is 1. The summed E-state index contributed by atoms with van der Waals surface area (Å²) >= 11 is 1.67. The first-order valence-electron chi connectivity index (χ1n) is 6.84. The van der Waals surface area contributed by atoms with Crippen molar-refractivity contribution in [3.05, 3.63) is 35.7 Å². The number of thiophene rings is 1.